The Morgan fingerprint density at radius 2 is 2.21 bits per heavy atom. The first-order chi connectivity index (χ1) is 8.95. The second-order valence-corrected chi connectivity index (χ2v) is 4.76. The van der Waals surface area contributed by atoms with Crippen LogP contribution < -0.4 is 0 Å². The van der Waals surface area contributed by atoms with Crippen LogP contribution in [0.15, 0.2) is 12.2 Å². The van der Waals surface area contributed by atoms with Gasteiger partial charge in [-0.2, -0.15) is 0 Å². The third-order valence-electron chi connectivity index (χ3n) is 3.06. The molecule has 1 saturated heterocycles. The fraction of sp³-hybridized carbons (Fsp3) is 0.692. The zero-order valence-corrected chi connectivity index (χ0v) is 11.6. The van der Waals surface area contributed by atoms with Crippen LogP contribution in [0.4, 0.5) is 0 Å². The van der Waals surface area contributed by atoms with Crippen LogP contribution in [0.2, 0.25) is 0 Å². The van der Waals surface area contributed by atoms with Crippen LogP contribution in [0, 0.1) is 0 Å². The predicted molar refractivity (Wildman–Crippen MR) is 70.9 cm³/mol. The number of nitrogens with zero attached hydrogens (tertiary/aromatic N) is 2. The zero-order chi connectivity index (χ0) is 14.4. The highest BCUT2D eigenvalue weighted by Gasteiger charge is 2.31. The molecule has 108 valence electrons. The number of likely N-dealkylation sites (N-methyl/N-ethyl adjacent to an activating group) is 1. The molecule has 19 heavy (non-hydrogen) atoms. The fourth-order valence-corrected chi connectivity index (χ4v) is 2.03. The third-order valence-corrected chi connectivity index (χ3v) is 3.06. The monoisotopic (exact) mass is 270 g/mol. The molecule has 1 fully saturated rings. The number of hydrogen-bond donors (Lipinski definition) is 1. The van der Waals surface area contributed by atoms with Gasteiger partial charge >= 0.3 is 5.97 Å². The first-order valence-corrected chi connectivity index (χ1v) is 6.42. The largest absolute Gasteiger partial charge is 0.480 e. The third kappa shape index (κ3) is 4.65. The van der Waals surface area contributed by atoms with Crippen LogP contribution >= 0.6 is 0 Å². The number of aliphatic carboxylic acids is 1. The molecule has 1 unspecified atom stereocenters. The number of hydrogen-bond acceptors (Lipinski definition) is 4. The van der Waals surface area contributed by atoms with Crippen LogP contribution in [0.1, 0.15) is 13.8 Å². The van der Waals surface area contributed by atoms with E-state index in [1.54, 1.807) is 9.80 Å². The second kappa shape index (κ2) is 7.25. The van der Waals surface area contributed by atoms with Crippen molar-refractivity contribution < 1.29 is 19.4 Å². The molecule has 6 heteroatoms. The van der Waals surface area contributed by atoms with Crippen molar-refractivity contribution in [3.05, 3.63) is 12.2 Å². The molecule has 0 radical (unpaired) electrons. The lowest BCUT2D eigenvalue weighted by atomic mass is 10.2. The van der Waals surface area contributed by atoms with E-state index in [2.05, 4.69) is 6.58 Å². The molecular weight excluding hydrogens is 248 g/mol. The lowest BCUT2D eigenvalue weighted by Gasteiger charge is -2.33. The van der Waals surface area contributed by atoms with Gasteiger partial charge in [-0.3, -0.25) is 14.5 Å². The lowest BCUT2D eigenvalue weighted by molar-refractivity contribution is -0.151. The van der Waals surface area contributed by atoms with Crippen LogP contribution in [-0.2, 0) is 14.3 Å². The Morgan fingerprint density at radius 1 is 1.53 bits per heavy atom. The van der Waals surface area contributed by atoms with E-state index in [0.29, 0.717) is 26.2 Å². The van der Waals surface area contributed by atoms with Gasteiger partial charge in [0.15, 0.2) is 0 Å². The minimum absolute atomic E-state index is 0.0707. The molecular formula is C13H22N2O4. The molecule has 0 aromatic heterocycles. The Bertz CT molecular complexity index is 357. The van der Waals surface area contributed by atoms with Gasteiger partial charge in [0.05, 0.1) is 19.8 Å². The standard InChI is InChI=1S/C13H22N2O4/c1-4-14(7-10(2)3)12(16)8-15-5-6-19-9-11(15)13(17)18/h11H,2,4-9H2,1,3H3,(H,17,18). The van der Waals surface area contributed by atoms with Crippen molar-refractivity contribution in [2.45, 2.75) is 19.9 Å². The summed E-state index contributed by atoms with van der Waals surface area (Å²) in [5, 5.41) is 9.10. The maximum Gasteiger partial charge on any atom is 0.323 e. The average Bonchev–Trinajstić information content (AvgIpc) is 2.35. The topological polar surface area (TPSA) is 70.1 Å². The van der Waals surface area contributed by atoms with Crippen LogP contribution in [0.5, 0.6) is 0 Å². The molecule has 1 atom stereocenters. The van der Waals surface area contributed by atoms with Crippen LogP contribution in [-0.4, -0.2) is 72.2 Å². The van der Waals surface area contributed by atoms with E-state index < -0.39 is 12.0 Å². The van der Waals surface area contributed by atoms with Crippen molar-refractivity contribution in [3.63, 3.8) is 0 Å². The molecule has 6 nitrogen and oxygen atoms in total. The number of ether oxygens (including phenoxy) is 1. The van der Waals surface area contributed by atoms with E-state index in [0.717, 1.165) is 5.57 Å². The van der Waals surface area contributed by atoms with Gasteiger partial charge in [-0.25, -0.2) is 0 Å². The summed E-state index contributed by atoms with van der Waals surface area (Å²) >= 11 is 0. The first kappa shape index (κ1) is 15.7. The summed E-state index contributed by atoms with van der Waals surface area (Å²) < 4.78 is 5.15. The summed E-state index contributed by atoms with van der Waals surface area (Å²) in [5.74, 6) is -1.02. The molecule has 0 aromatic carbocycles. The molecule has 0 spiro atoms. The van der Waals surface area contributed by atoms with Crippen LogP contribution in [0.3, 0.4) is 0 Å². The SMILES string of the molecule is C=C(C)CN(CC)C(=O)CN1CCOCC1C(=O)O. The number of morpholine rings is 1. The van der Waals surface area contributed by atoms with Crippen molar-refractivity contribution in [1.82, 2.24) is 9.80 Å². The fourth-order valence-electron chi connectivity index (χ4n) is 2.03. The summed E-state index contributed by atoms with van der Waals surface area (Å²) in [5.41, 5.74) is 0.909. The van der Waals surface area contributed by atoms with Crippen molar-refractivity contribution >= 4 is 11.9 Å². The molecule has 1 amide bonds. The van der Waals surface area contributed by atoms with Crippen molar-refractivity contribution in [3.8, 4) is 0 Å². The van der Waals surface area contributed by atoms with Crippen molar-refractivity contribution in [1.29, 1.82) is 0 Å². The summed E-state index contributed by atoms with van der Waals surface area (Å²) in [6.45, 7) is 9.83. The Labute approximate surface area is 113 Å². The summed E-state index contributed by atoms with van der Waals surface area (Å²) in [4.78, 5) is 26.6. The minimum atomic E-state index is -0.949. The number of carbonyl (C=O) groups is 2. The Morgan fingerprint density at radius 3 is 2.74 bits per heavy atom. The number of carboxylic acid groups (broad SMARTS) is 1. The molecule has 0 bridgehead atoms. The van der Waals surface area contributed by atoms with Gasteiger partial charge in [0.2, 0.25) is 5.91 Å². The Kier molecular flexibility index (Phi) is 5.98. The molecule has 1 aliphatic rings. The summed E-state index contributed by atoms with van der Waals surface area (Å²) in [6.07, 6.45) is 0. The normalized spacial score (nSPS) is 20.0. The molecule has 1 heterocycles. The van der Waals surface area contributed by atoms with Gasteiger partial charge in [-0.15, -0.1) is 0 Å². The average molecular weight is 270 g/mol. The minimum Gasteiger partial charge on any atom is -0.480 e. The van der Waals surface area contributed by atoms with Crippen molar-refractivity contribution in [2.75, 3.05) is 39.4 Å². The number of rotatable bonds is 6. The van der Waals surface area contributed by atoms with E-state index in [4.69, 9.17) is 9.84 Å². The van der Waals surface area contributed by atoms with E-state index in [1.165, 1.54) is 0 Å². The Balaban J connectivity index is 2.62. The highest BCUT2D eigenvalue weighted by molar-refractivity contribution is 5.80. The number of carbonyl (C=O) groups excluding carboxylic acids is 1. The quantitative estimate of drug-likeness (QED) is 0.698. The second-order valence-electron chi connectivity index (χ2n) is 4.76. The van der Waals surface area contributed by atoms with Gasteiger partial charge in [0.25, 0.3) is 0 Å². The van der Waals surface area contributed by atoms with Gasteiger partial charge in [0.1, 0.15) is 6.04 Å². The Hall–Kier alpha value is -1.40. The molecule has 0 saturated carbocycles. The highest BCUT2D eigenvalue weighted by Crippen LogP contribution is 2.08. The van der Waals surface area contributed by atoms with E-state index >= 15 is 0 Å². The van der Waals surface area contributed by atoms with Gasteiger partial charge < -0.3 is 14.7 Å². The maximum atomic E-state index is 12.2. The van der Waals surface area contributed by atoms with Crippen molar-refractivity contribution in [2.24, 2.45) is 0 Å². The van der Waals surface area contributed by atoms with Gasteiger partial charge in [0, 0.05) is 19.6 Å². The lowest BCUT2D eigenvalue weighted by Crippen LogP contribution is -2.53. The van der Waals surface area contributed by atoms with E-state index in [1.807, 2.05) is 13.8 Å². The molecule has 1 rings (SSSR count). The van der Waals surface area contributed by atoms with Gasteiger partial charge in [-0.05, 0) is 13.8 Å². The summed E-state index contributed by atoms with van der Waals surface area (Å²) in [7, 11) is 0. The van der Waals surface area contributed by atoms with E-state index in [9.17, 15) is 9.59 Å². The zero-order valence-electron chi connectivity index (χ0n) is 11.6. The summed E-state index contributed by atoms with van der Waals surface area (Å²) in [6, 6.07) is -0.735. The molecule has 1 aliphatic heterocycles. The van der Waals surface area contributed by atoms with Crippen LogP contribution in [0.25, 0.3) is 0 Å². The molecule has 0 aliphatic carbocycles. The van der Waals surface area contributed by atoms with Gasteiger partial charge in [-0.1, -0.05) is 12.2 Å². The first-order valence-electron chi connectivity index (χ1n) is 6.42. The number of amides is 1. The molecule has 1 N–H and O–H groups in total. The molecule has 0 aromatic rings. The predicted octanol–water partition coefficient (Wildman–Crippen LogP) is 0.196. The number of carboxylic acids is 1. The highest BCUT2D eigenvalue weighted by atomic mass is 16.5. The smallest absolute Gasteiger partial charge is 0.323 e. The van der Waals surface area contributed by atoms with E-state index in [-0.39, 0.29) is 19.1 Å². The maximum absolute atomic E-state index is 12.2.